The van der Waals surface area contributed by atoms with Crippen molar-refractivity contribution in [2.24, 2.45) is 0 Å². The van der Waals surface area contributed by atoms with E-state index >= 15 is 0 Å². The number of carbonyl (C=O) groups excluding carboxylic acids is 2. The smallest absolute Gasteiger partial charge is 0.251 e. The highest BCUT2D eigenvalue weighted by Crippen LogP contribution is 2.26. The van der Waals surface area contributed by atoms with Crippen molar-refractivity contribution in [3.63, 3.8) is 0 Å². The summed E-state index contributed by atoms with van der Waals surface area (Å²) in [4.78, 5) is 23.9. The SMILES string of the molecule is Cc1cccc(C(=O)NCC(=O)NCC2(O)CCCCCC2)c1. The van der Waals surface area contributed by atoms with Crippen LogP contribution in [-0.4, -0.2) is 35.6 Å². The fourth-order valence-corrected chi connectivity index (χ4v) is 2.94. The molecule has 2 rings (SSSR count). The molecule has 1 aromatic rings. The second-order valence-corrected chi connectivity index (χ2v) is 6.47. The van der Waals surface area contributed by atoms with Crippen LogP contribution in [-0.2, 0) is 4.79 Å². The largest absolute Gasteiger partial charge is 0.388 e. The Morgan fingerprint density at radius 1 is 1.13 bits per heavy atom. The molecule has 23 heavy (non-hydrogen) atoms. The first kappa shape index (κ1) is 17.5. The van der Waals surface area contributed by atoms with E-state index in [-0.39, 0.29) is 24.9 Å². The third-order valence-electron chi connectivity index (χ3n) is 4.34. The van der Waals surface area contributed by atoms with Gasteiger partial charge in [-0.15, -0.1) is 0 Å². The minimum atomic E-state index is -0.799. The van der Waals surface area contributed by atoms with Gasteiger partial charge in [-0.25, -0.2) is 0 Å². The lowest BCUT2D eigenvalue weighted by molar-refractivity contribution is -0.121. The second-order valence-electron chi connectivity index (χ2n) is 6.47. The van der Waals surface area contributed by atoms with E-state index in [2.05, 4.69) is 10.6 Å². The molecule has 0 aromatic heterocycles. The van der Waals surface area contributed by atoms with Gasteiger partial charge < -0.3 is 15.7 Å². The molecule has 0 heterocycles. The highest BCUT2D eigenvalue weighted by Gasteiger charge is 2.28. The van der Waals surface area contributed by atoms with Gasteiger partial charge in [0.1, 0.15) is 0 Å². The van der Waals surface area contributed by atoms with E-state index < -0.39 is 5.60 Å². The molecule has 1 saturated carbocycles. The highest BCUT2D eigenvalue weighted by atomic mass is 16.3. The molecule has 1 fully saturated rings. The molecular weight excluding hydrogens is 292 g/mol. The molecule has 0 bridgehead atoms. The fourth-order valence-electron chi connectivity index (χ4n) is 2.94. The van der Waals surface area contributed by atoms with Gasteiger partial charge in [-0.1, -0.05) is 43.4 Å². The summed E-state index contributed by atoms with van der Waals surface area (Å²) in [5.74, 6) is -0.541. The number of aryl methyl sites for hydroxylation is 1. The average molecular weight is 318 g/mol. The van der Waals surface area contributed by atoms with E-state index in [1.807, 2.05) is 19.1 Å². The topological polar surface area (TPSA) is 78.4 Å². The van der Waals surface area contributed by atoms with Crippen LogP contribution < -0.4 is 10.6 Å². The molecule has 1 aromatic carbocycles. The molecule has 0 radical (unpaired) electrons. The van der Waals surface area contributed by atoms with Crippen LogP contribution in [0.3, 0.4) is 0 Å². The van der Waals surface area contributed by atoms with Gasteiger partial charge >= 0.3 is 0 Å². The molecule has 5 heteroatoms. The van der Waals surface area contributed by atoms with Gasteiger partial charge in [-0.3, -0.25) is 9.59 Å². The fraction of sp³-hybridized carbons (Fsp3) is 0.556. The Labute approximate surface area is 137 Å². The van der Waals surface area contributed by atoms with Crippen LogP contribution in [0.25, 0.3) is 0 Å². The molecule has 0 saturated heterocycles. The third kappa shape index (κ3) is 5.67. The van der Waals surface area contributed by atoms with Crippen LogP contribution in [0.4, 0.5) is 0 Å². The number of hydrogen-bond donors (Lipinski definition) is 3. The van der Waals surface area contributed by atoms with E-state index in [1.54, 1.807) is 12.1 Å². The minimum Gasteiger partial charge on any atom is -0.388 e. The summed E-state index contributed by atoms with van der Waals surface area (Å²) < 4.78 is 0. The maximum Gasteiger partial charge on any atom is 0.251 e. The molecule has 0 spiro atoms. The van der Waals surface area contributed by atoms with Crippen LogP contribution in [0.5, 0.6) is 0 Å². The summed E-state index contributed by atoms with van der Waals surface area (Å²) in [5.41, 5.74) is 0.741. The summed E-state index contributed by atoms with van der Waals surface area (Å²) in [6.45, 7) is 2.09. The number of hydrogen-bond acceptors (Lipinski definition) is 3. The van der Waals surface area contributed by atoms with E-state index in [4.69, 9.17) is 0 Å². The quantitative estimate of drug-likeness (QED) is 0.726. The Morgan fingerprint density at radius 2 is 1.83 bits per heavy atom. The van der Waals surface area contributed by atoms with Crippen molar-refractivity contribution in [3.05, 3.63) is 35.4 Å². The van der Waals surface area contributed by atoms with Crippen LogP contribution in [0, 0.1) is 6.92 Å². The van der Waals surface area contributed by atoms with Crippen LogP contribution in [0.15, 0.2) is 24.3 Å². The van der Waals surface area contributed by atoms with Crippen molar-refractivity contribution >= 4 is 11.8 Å². The van der Waals surface area contributed by atoms with Crippen molar-refractivity contribution < 1.29 is 14.7 Å². The van der Waals surface area contributed by atoms with Crippen LogP contribution in [0.2, 0.25) is 0 Å². The predicted molar refractivity (Wildman–Crippen MR) is 89.2 cm³/mol. The lowest BCUT2D eigenvalue weighted by Crippen LogP contribution is -2.45. The second kappa shape index (κ2) is 8.11. The molecule has 3 N–H and O–H groups in total. The van der Waals surface area contributed by atoms with Gasteiger partial charge in [0.15, 0.2) is 0 Å². The summed E-state index contributed by atoms with van der Waals surface area (Å²) in [6.07, 6.45) is 5.73. The molecule has 126 valence electrons. The summed E-state index contributed by atoms with van der Waals surface area (Å²) in [6, 6.07) is 7.22. The maximum absolute atomic E-state index is 12.0. The average Bonchev–Trinajstić information content (AvgIpc) is 2.76. The third-order valence-corrected chi connectivity index (χ3v) is 4.34. The molecular formula is C18H26N2O3. The van der Waals surface area contributed by atoms with E-state index in [0.29, 0.717) is 5.56 Å². The van der Waals surface area contributed by atoms with Gasteiger partial charge in [0.2, 0.25) is 5.91 Å². The number of amides is 2. The summed E-state index contributed by atoms with van der Waals surface area (Å²) in [5, 5.41) is 15.8. The molecule has 0 atom stereocenters. The first-order valence-electron chi connectivity index (χ1n) is 8.32. The normalized spacial score (nSPS) is 17.1. The Bertz CT molecular complexity index is 549. The number of rotatable bonds is 5. The minimum absolute atomic E-state index is 0.0805. The lowest BCUT2D eigenvalue weighted by atomic mass is 9.94. The standard InChI is InChI=1S/C18H26N2O3/c1-14-7-6-8-15(11-14)17(22)19-12-16(21)20-13-18(23)9-4-2-3-5-10-18/h6-8,11,23H,2-5,9-10,12-13H2,1H3,(H,19,22)(H,20,21). The van der Waals surface area contributed by atoms with E-state index in [0.717, 1.165) is 44.1 Å². The zero-order valence-electron chi connectivity index (χ0n) is 13.7. The van der Waals surface area contributed by atoms with Gasteiger partial charge in [-0.2, -0.15) is 0 Å². The number of benzene rings is 1. The highest BCUT2D eigenvalue weighted by molar-refractivity contribution is 5.96. The molecule has 0 unspecified atom stereocenters. The van der Waals surface area contributed by atoms with Crippen molar-refractivity contribution in [2.45, 2.75) is 51.0 Å². The Balaban J connectivity index is 1.75. The van der Waals surface area contributed by atoms with Crippen molar-refractivity contribution in [2.75, 3.05) is 13.1 Å². The zero-order valence-corrected chi connectivity index (χ0v) is 13.7. The van der Waals surface area contributed by atoms with Gasteiger partial charge in [0.05, 0.1) is 12.1 Å². The van der Waals surface area contributed by atoms with Crippen LogP contribution in [0.1, 0.15) is 54.4 Å². The van der Waals surface area contributed by atoms with Gasteiger partial charge in [0.25, 0.3) is 5.91 Å². The van der Waals surface area contributed by atoms with Gasteiger partial charge in [0, 0.05) is 12.1 Å². The Morgan fingerprint density at radius 3 is 2.48 bits per heavy atom. The van der Waals surface area contributed by atoms with E-state index in [9.17, 15) is 14.7 Å². The zero-order chi connectivity index (χ0) is 16.7. The number of carbonyl (C=O) groups is 2. The van der Waals surface area contributed by atoms with Crippen molar-refractivity contribution in [1.82, 2.24) is 10.6 Å². The monoisotopic (exact) mass is 318 g/mol. The summed E-state index contributed by atoms with van der Waals surface area (Å²) in [7, 11) is 0. The van der Waals surface area contributed by atoms with Gasteiger partial charge in [-0.05, 0) is 31.9 Å². The molecule has 1 aliphatic carbocycles. The number of aliphatic hydroxyl groups is 1. The van der Waals surface area contributed by atoms with Crippen molar-refractivity contribution in [1.29, 1.82) is 0 Å². The molecule has 5 nitrogen and oxygen atoms in total. The Hall–Kier alpha value is -1.88. The maximum atomic E-state index is 12.0. The predicted octanol–water partition coefficient (Wildman–Crippen LogP) is 1.93. The first-order chi connectivity index (χ1) is 11.0. The first-order valence-corrected chi connectivity index (χ1v) is 8.32. The van der Waals surface area contributed by atoms with E-state index in [1.165, 1.54) is 0 Å². The lowest BCUT2D eigenvalue weighted by Gasteiger charge is -2.26. The van der Waals surface area contributed by atoms with Crippen molar-refractivity contribution in [3.8, 4) is 0 Å². The molecule has 2 amide bonds. The molecule has 0 aliphatic heterocycles. The number of nitrogens with one attached hydrogen (secondary N) is 2. The molecule has 1 aliphatic rings. The Kier molecular flexibility index (Phi) is 6.16. The summed E-state index contributed by atoms with van der Waals surface area (Å²) >= 11 is 0. The van der Waals surface area contributed by atoms with Crippen LogP contribution >= 0.6 is 0 Å².